The van der Waals surface area contributed by atoms with E-state index < -0.39 is 23.7 Å². The number of carbonyl (C=O) groups is 1. The lowest BCUT2D eigenvalue weighted by Crippen LogP contribution is -2.36. The van der Waals surface area contributed by atoms with Crippen LogP contribution in [0.1, 0.15) is 15.9 Å². The molecule has 2 nitrogen and oxygen atoms in total. The number of ketones is 1. The Hall–Kier alpha value is -1.30. The van der Waals surface area contributed by atoms with Crippen molar-refractivity contribution in [2.75, 3.05) is 6.61 Å². The van der Waals surface area contributed by atoms with Crippen LogP contribution in [0.15, 0.2) is 12.1 Å². The van der Waals surface area contributed by atoms with E-state index in [4.69, 9.17) is 16.3 Å². The Morgan fingerprint density at radius 3 is 2.67 bits per heavy atom. The molecule has 0 unspecified atom stereocenters. The number of halogens is 5. The first-order valence-corrected chi connectivity index (χ1v) is 5.38. The van der Waals surface area contributed by atoms with Gasteiger partial charge in [-0.25, -0.2) is 8.78 Å². The van der Waals surface area contributed by atoms with Crippen LogP contribution in [-0.2, 0) is 6.42 Å². The number of alkyl halides is 4. The molecule has 0 saturated heterocycles. The Morgan fingerprint density at radius 2 is 2.06 bits per heavy atom. The van der Waals surface area contributed by atoms with Gasteiger partial charge in [-0.2, -0.15) is 8.78 Å². The lowest BCUT2D eigenvalue weighted by atomic mass is 10.0. The molecule has 0 aromatic heterocycles. The van der Waals surface area contributed by atoms with Crippen molar-refractivity contribution in [2.45, 2.75) is 18.8 Å². The van der Waals surface area contributed by atoms with Crippen molar-refractivity contribution in [1.82, 2.24) is 0 Å². The largest absolute Gasteiger partial charge is 0.492 e. The summed E-state index contributed by atoms with van der Waals surface area (Å²) in [6.45, 7) is 0.205. The van der Waals surface area contributed by atoms with Gasteiger partial charge in [-0.05, 0) is 17.7 Å². The molecule has 0 radical (unpaired) electrons. The number of hydrogen-bond acceptors (Lipinski definition) is 2. The topological polar surface area (TPSA) is 26.3 Å². The fourth-order valence-electron chi connectivity index (χ4n) is 1.72. The van der Waals surface area contributed by atoms with Gasteiger partial charge in [-0.3, -0.25) is 4.79 Å². The Morgan fingerprint density at radius 1 is 1.39 bits per heavy atom. The molecule has 2 rings (SSSR count). The minimum absolute atomic E-state index is 0.0349. The number of rotatable bonds is 3. The average molecular weight is 283 g/mol. The van der Waals surface area contributed by atoms with Crippen LogP contribution in [0.5, 0.6) is 5.75 Å². The van der Waals surface area contributed by atoms with Gasteiger partial charge in [0.05, 0.1) is 12.2 Å². The number of hydrogen-bond donors (Lipinski definition) is 0. The molecule has 7 heteroatoms. The highest BCUT2D eigenvalue weighted by Crippen LogP contribution is 2.37. The molecule has 1 aliphatic heterocycles. The molecule has 0 bridgehead atoms. The minimum Gasteiger partial charge on any atom is -0.492 e. The second-order valence-electron chi connectivity index (χ2n) is 3.79. The predicted octanol–water partition coefficient (Wildman–Crippen LogP) is 3.36. The van der Waals surface area contributed by atoms with Crippen LogP contribution in [0.4, 0.5) is 17.6 Å². The molecule has 1 aromatic rings. The van der Waals surface area contributed by atoms with Crippen LogP contribution in [0.3, 0.4) is 0 Å². The molecule has 0 aliphatic carbocycles. The van der Waals surface area contributed by atoms with E-state index in [-0.39, 0.29) is 17.4 Å². The maximum Gasteiger partial charge on any atom is 0.369 e. The maximum absolute atomic E-state index is 13.0. The van der Waals surface area contributed by atoms with Crippen molar-refractivity contribution in [3.8, 4) is 5.75 Å². The summed E-state index contributed by atoms with van der Waals surface area (Å²) in [4.78, 5) is 11.5. The molecule has 0 fully saturated rings. The fraction of sp³-hybridized carbons (Fsp3) is 0.364. The number of carbonyl (C=O) groups excluding carboxylic acids is 1. The molecule has 0 amide bonds. The first kappa shape index (κ1) is 13.1. The van der Waals surface area contributed by atoms with Gasteiger partial charge in [-0.1, -0.05) is 11.6 Å². The minimum atomic E-state index is -4.75. The number of benzene rings is 1. The smallest absolute Gasteiger partial charge is 0.369 e. The molecular formula is C11H7ClF4O2. The third-order valence-electron chi connectivity index (χ3n) is 2.57. The molecule has 0 saturated carbocycles. The third kappa shape index (κ3) is 2.05. The standard InChI is InChI=1S/C11H7ClF4O2/c12-6-3-5-1-2-18-8(5)7(4-6)9(17)11(15,16)10(13)14/h3-4,10H,1-2H2. The second-order valence-corrected chi connectivity index (χ2v) is 4.23. The van der Waals surface area contributed by atoms with Crippen LogP contribution in [0.2, 0.25) is 5.02 Å². The third-order valence-corrected chi connectivity index (χ3v) is 2.79. The Bertz CT molecular complexity index is 502. The highest BCUT2D eigenvalue weighted by molar-refractivity contribution is 6.31. The molecule has 1 heterocycles. The lowest BCUT2D eigenvalue weighted by molar-refractivity contribution is -0.0959. The summed E-state index contributed by atoms with van der Waals surface area (Å²) in [5.41, 5.74) is -0.129. The van der Waals surface area contributed by atoms with Crippen molar-refractivity contribution < 1.29 is 27.1 Å². The van der Waals surface area contributed by atoms with Gasteiger partial charge < -0.3 is 4.74 Å². The van der Waals surface area contributed by atoms with Crippen molar-refractivity contribution >= 4 is 17.4 Å². The van der Waals surface area contributed by atoms with Crippen LogP contribution >= 0.6 is 11.6 Å². The summed E-state index contributed by atoms with van der Waals surface area (Å²) in [6, 6.07) is 2.38. The monoisotopic (exact) mass is 282 g/mol. The molecular weight excluding hydrogens is 276 g/mol. The Labute approximate surface area is 104 Å². The van der Waals surface area contributed by atoms with Crippen molar-refractivity contribution in [2.24, 2.45) is 0 Å². The fourth-order valence-corrected chi connectivity index (χ4v) is 1.96. The summed E-state index contributed by atoms with van der Waals surface area (Å²) >= 11 is 5.66. The summed E-state index contributed by atoms with van der Waals surface area (Å²) in [6.07, 6.45) is -3.67. The Balaban J connectivity index is 2.49. The van der Waals surface area contributed by atoms with E-state index in [1.165, 1.54) is 6.07 Å². The average Bonchev–Trinajstić information content (AvgIpc) is 2.74. The molecule has 0 atom stereocenters. The highest BCUT2D eigenvalue weighted by atomic mass is 35.5. The van der Waals surface area contributed by atoms with Gasteiger partial charge >= 0.3 is 12.3 Å². The molecule has 1 aromatic carbocycles. The summed E-state index contributed by atoms with van der Waals surface area (Å²) in [7, 11) is 0. The van der Waals surface area contributed by atoms with Gasteiger partial charge in [0.2, 0.25) is 5.78 Å². The van der Waals surface area contributed by atoms with Crippen LogP contribution < -0.4 is 4.74 Å². The summed E-state index contributed by atoms with van der Waals surface area (Å²) in [5.74, 6) is -6.80. The molecule has 98 valence electrons. The number of fused-ring (bicyclic) bond motifs is 1. The zero-order chi connectivity index (χ0) is 13.5. The van der Waals surface area contributed by atoms with Crippen molar-refractivity contribution in [1.29, 1.82) is 0 Å². The maximum atomic E-state index is 13.0. The second kappa shape index (κ2) is 4.42. The molecule has 18 heavy (non-hydrogen) atoms. The van der Waals surface area contributed by atoms with E-state index in [0.717, 1.165) is 6.07 Å². The zero-order valence-electron chi connectivity index (χ0n) is 8.85. The van der Waals surface area contributed by atoms with Crippen LogP contribution in [0.25, 0.3) is 0 Å². The molecule has 0 spiro atoms. The predicted molar refractivity (Wildman–Crippen MR) is 55.9 cm³/mol. The van der Waals surface area contributed by atoms with E-state index in [9.17, 15) is 22.4 Å². The summed E-state index contributed by atoms with van der Waals surface area (Å²) < 4.78 is 55.4. The normalized spacial score (nSPS) is 14.6. The van der Waals surface area contributed by atoms with Crippen molar-refractivity contribution in [3.63, 3.8) is 0 Å². The van der Waals surface area contributed by atoms with E-state index in [1.807, 2.05) is 0 Å². The first-order chi connectivity index (χ1) is 8.34. The van der Waals surface area contributed by atoms with E-state index in [2.05, 4.69) is 0 Å². The van der Waals surface area contributed by atoms with E-state index >= 15 is 0 Å². The number of Topliss-reactive ketones (excluding diaryl/α,β-unsaturated/α-hetero) is 1. The van der Waals surface area contributed by atoms with Crippen molar-refractivity contribution in [3.05, 3.63) is 28.3 Å². The Kier molecular flexibility index (Phi) is 3.23. The molecule has 1 aliphatic rings. The van der Waals surface area contributed by atoms with Gasteiger partial charge in [0, 0.05) is 11.4 Å². The van der Waals surface area contributed by atoms with Gasteiger partial charge in [0.15, 0.2) is 0 Å². The SMILES string of the molecule is O=C(c1cc(Cl)cc2c1OCC2)C(F)(F)C(F)F. The van der Waals surface area contributed by atoms with Gasteiger partial charge in [0.25, 0.3) is 0 Å². The highest BCUT2D eigenvalue weighted by Gasteiger charge is 2.50. The van der Waals surface area contributed by atoms with Gasteiger partial charge in [0.1, 0.15) is 5.75 Å². The van der Waals surface area contributed by atoms with E-state index in [0.29, 0.717) is 12.0 Å². The van der Waals surface area contributed by atoms with Crippen LogP contribution in [-0.4, -0.2) is 24.7 Å². The quantitative estimate of drug-likeness (QED) is 0.628. The van der Waals surface area contributed by atoms with Crippen LogP contribution in [0, 0.1) is 0 Å². The van der Waals surface area contributed by atoms with Gasteiger partial charge in [-0.15, -0.1) is 0 Å². The van der Waals surface area contributed by atoms with E-state index in [1.54, 1.807) is 0 Å². The summed E-state index contributed by atoms with van der Waals surface area (Å²) in [5, 5.41) is 0.0349. The zero-order valence-corrected chi connectivity index (χ0v) is 9.61. The molecule has 0 N–H and O–H groups in total. The first-order valence-electron chi connectivity index (χ1n) is 5.00. The lowest BCUT2D eigenvalue weighted by Gasteiger charge is -2.15. The number of ether oxygens (including phenoxy) is 1.